The molecule has 0 aromatic rings. The molecular formula is C12H22BrNO. The van der Waals surface area contributed by atoms with Crippen LogP contribution in [0.4, 0.5) is 0 Å². The molecule has 1 atom stereocenters. The van der Waals surface area contributed by atoms with E-state index in [2.05, 4.69) is 28.2 Å². The molecule has 1 aliphatic carbocycles. The van der Waals surface area contributed by atoms with Crippen molar-refractivity contribution in [1.29, 1.82) is 0 Å². The average molecular weight is 276 g/mol. The standard InChI is InChI=1S/C12H22BrNO/c1-9(10-7-5-4-6-8-10)14-11(15)12(2,3)13/h9-10H,4-8H2,1-3H3,(H,14,15). The number of hydrogen-bond acceptors (Lipinski definition) is 1. The fraction of sp³-hybridized carbons (Fsp3) is 0.917. The van der Waals surface area contributed by atoms with E-state index >= 15 is 0 Å². The maximum Gasteiger partial charge on any atom is 0.236 e. The Morgan fingerprint density at radius 2 is 1.87 bits per heavy atom. The minimum atomic E-state index is -0.448. The van der Waals surface area contributed by atoms with E-state index in [-0.39, 0.29) is 5.91 Å². The van der Waals surface area contributed by atoms with Crippen LogP contribution in [0.2, 0.25) is 0 Å². The van der Waals surface area contributed by atoms with Gasteiger partial charge in [-0.15, -0.1) is 0 Å². The van der Waals surface area contributed by atoms with Crippen LogP contribution in [0.5, 0.6) is 0 Å². The summed E-state index contributed by atoms with van der Waals surface area (Å²) >= 11 is 3.38. The largest absolute Gasteiger partial charge is 0.352 e. The highest BCUT2D eigenvalue weighted by Crippen LogP contribution is 2.27. The van der Waals surface area contributed by atoms with Gasteiger partial charge in [-0.2, -0.15) is 0 Å². The third kappa shape index (κ3) is 4.13. The molecule has 1 amide bonds. The van der Waals surface area contributed by atoms with Crippen molar-refractivity contribution in [3.05, 3.63) is 0 Å². The Morgan fingerprint density at radius 1 is 1.33 bits per heavy atom. The second-order valence-electron chi connectivity index (χ2n) is 5.13. The van der Waals surface area contributed by atoms with E-state index in [1.807, 2.05) is 13.8 Å². The van der Waals surface area contributed by atoms with Crippen LogP contribution in [0.25, 0.3) is 0 Å². The van der Waals surface area contributed by atoms with Gasteiger partial charge in [0.15, 0.2) is 0 Å². The molecule has 1 N–H and O–H groups in total. The number of halogens is 1. The second kappa shape index (κ2) is 5.33. The number of amides is 1. The number of rotatable bonds is 3. The number of nitrogens with one attached hydrogen (secondary N) is 1. The molecule has 0 radical (unpaired) electrons. The van der Waals surface area contributed by atoms with Crippen LogP contribution in [-0.2, 0) is 4.79 Å². The topological polar surface area (TPSA) is 29.1 Å². The Bertz CT molecular complexity index is 216. The zero-order chi connectivity index (χ0) is 11.5. The number of hydrogen-bond donors (Lipinski definition) is 1. The zero-order valence-electron chi connectivity index (χ0n) is 9.98. The van der Waals surface area contributed by atoms with Gasteiger partial charge in [-0.3, -0.25) is 4.79 Å². The maximum atomic E-state index is 11.8. The summed E-state index contributed by atoms with van der Waals surface area (Å²) in [6.45, 7) is 5.90. The number of alkyl halides is 1. The Balaban J connectivity index is 2.40. The van der Waals surface area contributed by atoms with E-state index < -0.39 is 4.32 Å². The molecule has 1 saturated carbocycles. The lowest BCUT2D eigenvalue weighted by molar-refractivity contribution is -0.123. The molecule has 0 aliphatic heterocycles. The predicted octanol–water partition coefficient (Wildman–Crippen LogP) is 3.24. The van der Waals surface area contributed by atoms with Crippen LogP contribution in [0.15, 0.2) is 0 Å². The summed E-state index contributed by atoms with van der Waals surface area (Å²) < 4.78 is -0.448. The smallest absolute Gasteiger partial charge is 0.236 e. The highest BCUT2D eigenvalue weighted by Gasteiger charge is 2.27. The lowest BCUT2D eigenvalue weighted by Crippen LogP contribution is -2.45. The lowest BCUT2D eigenvalue weighted by Gasteiger charge is -2.30. The molecule has 0 aromatic carbocycles. The fourth-order valence-corrected chi connectivity index (χ4v) is 2.24. The second-order valence-corrected chi connectivity index (χ2v) is 7.12. The van der Waals surface area contributed by atoms with Crippen molar-refractivity contribution in [2.45, 2.75) is 63.2 Å². The van der Waals surface area contributed by atoms with E-state index in [0.717, 1.165) is 0 Å². The van der Waals surface area contributed by atoms with Crippen molar-refractivity contribution < 1.29 is 4.79 Å². The van der Waals surface area contributed by atoms with Crippen molar-refractivity contribution in [2.24, 2.45) is 5.92 Å². The molecule has 0 saturated heterocycles. The lowest BCUT2D eigenvalue weighted by atomic mass is 9.84. The van der Waals surface area contributed by atoms with Gasteiger partial charge in [0.25, 0.3) is 0 Å². The summed E-state index contributed by atoms with van der Waals surface area (Å²) in [5.41, 5.74) is 0. The fourth-order valence-electron chi connectivity index (χ4n) is 2.13. The van der Waals surface area contributed by atoms with Gasteiger partial charge >= 0.3 is 0 Å². The van der Waals surface area contributed by atoms with E-state index in [9.17, 15) is 4.79 Å². The first-order valence-electron chi connectivity index (χ1n) is 5.91. The Morgan fingerprint density at radius 3 is 2.33 bits per heavy atom. The van der Waals surface area contributed by atoms with Crippen LogP contribution < -0.4 is 5.32 Å². The molecule has 0 heterocycles. The van der Waals surface area contributed by atoms with Crippen molar-refractivity contribution >= 4 is 21.8 Å². The molecule has 2 nitrogen and oxygen atoms in total. The zero-order valence-corrected chi connectivity index (χ0v) is 11.6. The maximum absolute atomic E-state index is 11.8. The normalized spacial score (nSPS) is 21.1. The minimum absolute atomic E-state index is 0.0978. The first-order chi connectivity index (χ1) is 6.91. The summed E-state index contributed by atoms with van der Waals surface area (Å²) in [6.07, 6.45) is 6.54. The molecule has 88 valence electrons. The van der Waals surface area contributed by atoms with Crippen LogP contribution in [0.3, 0.4) is 0 Å². The van der Waals surface area contributed by atoms with E-state index in [1.165, 1.54) is 32.1 Å². The highest BCUT2D eigenvalue weighted by molar-refractivity contribution is 9.10. The first kappa shape index (κ1) is 13.0. The third-order valence-corrected chi connectivity index (χ3v) is 3.62. The molecule has 0 bridgehead atoms. The average Bonchev–Trinajstić information content (AvgIpc) is 2.17. The molecular weight excluding hydrogens is 254 g/mol. The summed E-state index contributed by atoms with van der Waals surface area (Å²) in [7, 11) is 0. The molecule has 1 unspecified atom stereocenters. The molecule has 3 heteroatoms. The summed E-state index contributed by atoms with van der Waals surface area (Å²) in [5.74, 6) is 0.776. The quantitative estimate of drug-likeness (QED) is 0.788. The molecule has 15 heavy (non-hydrogen) atoms. The van der Waals surface area contributed by atoms with Crippen molar-refractivity contribution in [3.63, 3.8) is 0 Å². The van der Waals surface area contributed by atoms with Crippen LogP contribution in [0, 0.1) is 5.92 Å². The van der Waals surface area contributed by atoms with Gasteiger partial charge in [-0.05, 0) is 39.5 Å². The summed E-state index contributed by atoms with van der Waals surface area (Å²) in [5, 5.41) is 3.10. The monoisotopic (exact) mass is 275 g/mol. The van der Waals surface area contributed by atoms with Gasteiger partial charge in [0, 0.05) is 6.04 Å². The van der Waals surface area contributed by atoms with E-state index in [0.29, 0.717) is 12.0 Å². The molecule has 1 rings (SSSR count). The summed E-state index contributed by atoms with van der Waals surface area (Å²) in [4.78, 5) is 11.8. The number of carbonyl (C=O) groups is 1. The van der Waals surface area contributed by atoms with Crippen molar-refractivity contribution in [1.82, 2.24) is 5.32 Å². The minimum Gasteiger partial charge on any atom is -0.352 e. The number of carbonyl (C=O) groups excluding carboxylic acids is 1. The van der Waals surface area contributed by atoms with Crippen LogP contribution in [-0.4, -0.2) is 16.3 Å². The molecule has 1 aliphatic rings. The Kier molecular flexibility index (Phi) is 4.63. The van der Waals surface area contributed by atoms with Crippen LogP contribution >= 0.6 is 15.9 Å². The van der Waals surface area contributed by atoms with Gasteiger partial charge in [0.1, 0.15) is 0 Å². The predicted molar refractivity (Wildman–Crippen MR) is 67.2 cm³/mol. The SMILES string of the molecule is CC(NC(=O)C(C)(C)Br)C1CCCCC1. The summed E-state index contributed by atoms with van der Waals surface area (Å²) in [6, 6.07) is 0.314. The van der Waals surface area contributed by atoms with Crippen LogP contribution in [0.1, 0.15) is 52.9 Å². The molecule has 1 fully saturated rings. The van der Waals surface area contributed by atoms with Gasteiger partial charge in [-0.25, -0.2) is 0 Å². The Hall–Kier alpha value is -0.0500. The molecule has 0 spiro atoms. The van der Waals surface area contributed by atoms with Gasteiger partial charge in [0.2, 0.25) is 5.91 Å². The van der Waals surface area contributed by atoms with Gasteiger partial charge in [0.05, 0.1) is 4.32 Å². The van der Waals surface area contributed by atoms with Gasteiger partial charge in [-0.1, -0.05) is 35.2 Å². The first-order valence-corrected chi connectivity index (χ1v) is 6.70. The van der Waals surface area contributed by atoms with E-state index in [1.54, 1.807) is 0 Å². The van der Waals surface area contributed by atoms with Crippen molar-refractivity contribution in [2.75, 3.05) is 0 Å². The molecule has 0 aromatic heterocycles. The Labute approximate surface area is 101 Å². The third-order valence-electron chi connectivity index (χ3n) is 3.26. The van der Waals surface area contributed by atoms with Crippen molar-refractivity contribution in [3.8, 4) is 0 Å². The van der Waals surface area contributed by atoms with Gasteiger partial charge < -0.3 is 5.32 Å². The highest BCUT2D eigenvalue weighted by atomic mass is 79.9. The van der Waals surface area contributed by atoms with E-state index in [4.69, 9.17) is 0 Å².